The Morgan fingerprint density at radius 2 is 1.90 bits per heavy atom. The van der Waals surface area contributed by atoms with Gasteiger partial charge in [-0.05, 0) is 30.6 Å². The predicted molar refractivity (Wildman–Crippen MR) is 76.5 cm³/mol. The molecule has 1 atom stereocenters. The predicted octanol–water partition coefficient (Wildman–Crippen LogP) is 2.46. The molecule has 0 spiro atoms. The molecule has 1 heterocycles. The molecular weight excluding hydrogens is 256 g/mol. The van der Waals surface area contributed by atoms with Gasteiger partial charge in [0, 0.05) is 13.1 Å². The normalized spacial score (nSPS) is 24.4. The molecule has 5 nitrogen and oxygen atoms in total. The number of carbonyl (C=O) groups excluding carboxylic acids is 1. The third kappa shape index (κ3) is 3.64. The first-order valence-corrected chi connectivity index (χ1v) is 7.67. The van der Waals surface area contributed by atoms with Crippen LogP contribution in [0.4, 0.5) is 4.79 Å². The van der Waals surface area contributed by atoms with Gasteiger partial charge in [0.25, 0.3) is 0 Å². The van der Waals surface area contributed by atoms with Gasteiger partial charge in [0.2, 0.25) is 0 Å². The second-order valence-electron chi connectivity index (χ2n) is 7.00. The van der Waals surface area contributed by atoms with E-state index in [4.69, 9.17) is 0 Å². The monoisotopic (exact) mass is 282 g/mol. The molecule has 0 bridgehead atoms. The number of urea groups is 1. The van der Waals surface area contributed by atoms with Gasteiger partial charge in [0.05, 0.1) is 0 Å². The summed E-state index contributed by atoms with van der Waals surface area (Å²) >= 11 is 0. The summed E-state index contributed by atoms with van der Waals surface area (Å²) < 4.78 is 0. The number of nitrogens with zero attached hydrogens (tertiary/aromatic N) is 1. The summed E-state index contributed by atoms with van der Waals surface area (Å²) in [6.07, 6.45) is 6.10. The minimum absolute atomic E-state index is 0.0841. The third-order valence-corrected chi connectivity index (χ3v) is 4.63. The molecule has 1 unspecified atom stereocenters. The zero-order valence-corrected chi connectivity index (χ0v) is 12.5. The van der Waals surface area contributed by atoms with Crippen LogP contribution >= 0.6 is 0 Å². The molecule has 0 radical (unpaired) electrons. The van der Waals surface area contributed by atoms with Crippen molar-refractivity contribution in [1.82, 2.24) is 10.2 Å². The van der Waals surface area contributed by atoms with E-state index in [0.29, 0.717) is 6.54 Å². The summed E-state index contributed by atoms with van der Waals surface area (Å²) in [6.45, 7) is 5.69. The molecule has 0 aromatic rings. The summed E-state index contributed by atoms with van der Waals surface area (Å²) in [5, 5.41) is 12.1. The van der Waals surface area contributed by atoms with Crippen LogP contribution < -0.4 is 5.32 Å². The highest BCUT2D eigenvalue weighted by Gasteiger charge is 2.36. The minimum atomic E-state index is -0.899. The lowest BCUT2D eigenvalue weighted by molar-refractivity contribution is -0.141. The van der Waals surface area contributed by atoms with Crippen LogP contribution in [0.2, 0.25) is 0 Å². The topological polar surface area (TPSA) is 69.6 Å². The van der Waals surface area contributed by atoms with E-state index in [1.807, 2.05) is 0 Å². The number of hydrogen-bond donors (Lipinski definition) is 2. The first-order valence-electron chi connectivity index (χ1n) is 7.67. The van der Waals surface area contributed by atoms with Crippen molar-refractivity contribution in [3.63, 3.8) is 0 Å². The lowest BCUT2D eigenvalue weighted by Gasteiger charge is -2.30. The summed E-state index contributed by atoms with van der Waals surface area (Å²) in [7, 11) is 0. The molecule has 2 rings (SSSR count). The molecule has 1 saturated heterocycles. The minimum Gasteiger partial charge on any atom is -0.480 e. The molecule has 2 N–H and O–H groups in total. The van der Waals surface area contributed by atoms with Crippen molar-refractivity contribution in [2.24, 2.45) is 11.3 Å². The van der Waals surface area contributed by atoms with Crippen molar-refractivity contribution in [2.45, 2.75) is 58.4 Å². The Morgan fingerprint density at radius 3 is 2.40 bits per heavy atom. The Balaban J connectivity index is 1.94. The number of rotatable bonds is 3. The Kier molecular flexibility index (Phi) is 4.55. The van der Waals surface area contributed by atoms with Crippen molar-refractivity contribution >= 4 is 12.0 Å². The number of carboxylic acids is 1. The zero-order valence-electron chi connectivity index (χ0n) is 12.5. The average Bonchev–Trinajstić information content (AvgIpc) is 2.77. The Morgan fingerprint density at radius 1 is 1.25 bits per heavy atom. The molecule has 1 saturated carbocycles. The van der Waals surface area contributed by atoms with E-state index in [-0.39, 0.29) is 17.4 Å². The lowest BCUT2D eigenvalue weighted by Crippen LogP contribution is -2.51. The van der Waals surface area contributed by atoms with E-state index in [9.17, 15) is 14.7 Å². The van der Waals surface area contributed by atoms with Crippen LogP contribution in [0.1, 0.15) is 52.4 Å². The first kappa shape index (κ1) is 15.1. The van der Waals surface area contributed by atoms with Crippen molar-refractivity contribution in [3.8, 4) is 0 Å². The molecule has 20 heavy (non-hydrogen) atoms. The van der Waals surface area contributed by atoms with E-state index < -0.39 is 12.0 Å². The molecule has 1 aliphatic carbocycles. The number of aliphatic carboxylic acids is 1. The number of nitrogens with one attached hydrogen (secondary N) is 1. The molecule has 5 heteroatoms. The van der Waals surface area contributed by atoms with Crippen LogP contribution in [0.3, 0.4) is 0 Å². The van der Waals surface area contributed by atoms with Crippen LogP contribution in [-0.4, -0.2) is 41.1 Å². The number of amides is 2. The molecule has 114 valence electrons. The summed E-state index contributed by atoms with van der Waals surface area (Å²) in [6, 6.07) is -0.944. The lowest BCUT2D eigenvalue weighted by atomic mass is 9.84. The molecule has 0 aromatic heterocycles. The summed E-state index contributed by atoms with van der Waals surface area (Å²) in [5.74, 6) is -0.815. The molecular formula is C15H26N2O3. The van der Waals surface area contributed by atoms with Crippen LogP contribution in [0.25, 0.3) is 0 Å². The van der Waals surface area contributed by atoms with Crippen LogP contribution in [0, 0.1) is 11.3 Å². The second kappa shape index (κ2) is 6.02. The van der Waals surface area contributed by atoms with Crippen LogP contribution in [-0.2, 0) is 4.79 Å². The van der Waals surface area contributed by atoms with Gasteiger partial charge in [-0.25, -0.2) is 9.59 Å². The highest BCUT2D eigenvalue weighted by atomic mass is 16.4. The highest BCUT2D eigenvalue weighted by molar-refractivity contribution is 5.83. The van der Waals surface area contributed by atoms with Gasteiger partial charge in [-0.3, -0.25) is 0 Å². The SMILES string of the molecule is CC1(C)CCN(C(=O)NC(C(=O)O)C2CCCCC2)C1. The molecule has 2 aliphatic rings. The van der Waals surface area contributed by atoms with Gasteiger partial charge in [0.15, 0.2) is 0 Å². The van der Waals surface area contributed by atoms with Crippen LogP contribution in [0.5, 0.6) is 0 Å². The number of hydrogen-bond acceptors (Lipinski definition) is 2. The standard InChI is InChI=1S/C15H26N2O3/c1-15(2)8-9-17(10-15)14(20)16-12(13(18)19)11-6-4-3-5-7-11/h11-12H,3-10H2,1-2H3,(H,16,20)(H,18,19). The van der Waals surface area contributed by atoms with E-state index in [1.165, 1.54) is 6.42 Å². The highest BCUT2D eigenvalue weighted by Crippen LogP contribution is 2.30. The summed E-state index contributed by atoms with van der Waals surface area (Å²) in [4.78, 5) is 25.4. The fraction of sp³-hybridized carbons (Fsp3) is 0.867. The quantitative estimate of drug-likeness (QED) is 0.835. The van der Waals surface area contributed by atoms with Gasteiger partial charge in [-0.2, -0.15) is 0 Å². The summed E-state index contributed by atoms with van der Waals surface area (Å²) in [5.41, 5.74) is 0.140. The number of carbonyl (C=O) groups is 2. The van der Waals surface area contributed by atoms with Gasteiger partial charge in [-0.15, -0.1) is 0 Å². The Bertz CT molecular complexity index is 375. The fourth-order valence-corrected chi connectivity index (χ4v) is 3.36. The van der Waals surface area contributed by atoms with Crippen molar-refractivity contribution in [3.05, 3.63) is 0 Å². The Labute approximate surface area is 120 Å². The van der Waals surface area contributed by atoms with E-state index in [1.54, 1.807) is 4.90 Å². The van der Waals surface area contributed by atoms with E-state index >= 15 is 0 Å². The van der Waals surface area contributed by atoms with E-state index in [0.717, 1.165) is 38.6 Å². The van der Waals surface area contributed by atoms with Gasteiger partial charge >= 0.3 is 12.0 Å². The Hall–Kier alpha value is -1.26. The first-order chi connectivity index (χ1) is 9.39. The van der Waals surface area contributed by atoms with Gasteiger partial charge < -0.3 is 15.3 Å². The van der Waals surface area contributed by atoms with Crippen LogP contribution in [0.15, 0.2) is 0 Å². The smallest absolute Gasteiger partial charge is 0.326 e. The van der Waals surface area contributed by atoms with Crippen molar-refractivity contribution in [2.75, 3.05) is 13.1 Å². The molecule has 0 aromatic carbocycles. The van der Waals surface area contributed by atoms with Gasteiger partial charge in [-0.1, -0.05) is 33.1 Å². The van der Waals surface area contributed by atoms with Crippen molar-refractivity contribution < 1.29 is 14.7 Å². The fourth-order valence-electron chi connectivity index (χ4n) is 3.36. The average molecular weight is 282 g/mol. The maximum Gasteiger partial charge on any atom is 0.326 e. The zero-order chi connectivity index (χ0) is 14.8. The van der Waals surface area contributed by atoms with Crippen molar-refractivity contribution in [1.29, 1.82) is 0 Å². The molecule has 2 fully saturated rings. The largest absolute Gasteiger partial charge is 0.480 e. The molecule has 1 aliphatic heterocycles. The molecule has 2 amide bonds. The number of carboxylic acid groups (broad SMARTS) is 1. The van der Waals surface area contributed by atoms with Gasteiger partial charge in [0.1, 0.15) is 6.04 Å². The third-order valence-electron chi connectivity index (χ3n) is 4.63. The second-order valence-corrected chi connectivity index (χ2v) is 7.00. The van der Waals surface area contributed by atoms with E-state index in [2.05, 4.69) is 19.2 Å². The number of likely N-dealkylation sites (tertiary alicyclic amines) is 1. The maximum atomic E-state index is 12.2. The maximum absolute atomic E-state index is 12.2.